The van der Waals surface area contributed by atoms with Crippen LogP contribution in [0.4, 0.5) is 5.69 Å². The van der Waals surface area contributed by atoms with Crippen LogP contribution in [0.2, 0.25) is 0 Å². The summed E-state index contributed by atoms with van der Waals surface area (Å²) in [7, 11) is 1.47. The fourth-order valence-corrected chi connectivity index (χ4v) is 2.11. The Labute approximate surface area is 141 Å². The number of rotatable bonds is 7. The summed E-state index contributed by atoms with van der Waals surface area (Å²) < 4.78 is 5.03. The van der Waals surface area contributed by atoms with Gasteiger partial charge in [-0.2, -0.15) is 5.10 Å². The van der Waals surface area contributed by atoms with Crippen LogP contribution in [-0.4, -0.2) is 30.4 Å². The maximum atomic E-state index is 12.2. The molecule has 0 aromatic heterocycles. The van der Waals surface area contributed by atoms with Crippen LogP contribution >= 0.6 is 0 Å². The van der Waals surface area contributed by atoms with Crippen molar-refractivity contribution >= 4 is 17.8 Å². The molecule has 6 heteroatoms. The predicted molar refractivity (Wildman–Crippen MR) is 94.5 cm³/mol. The number of amides is 1. The third kappa shape index (κ3) is 4.74. The maximum Gasteiger partial charge on any atom is 0.262 e. The number of methoxy groups -OCH3 is 1. The van der Waals surface area contributed by atoms with Gasteiger partial charge in [-0.25, -0.2) is 5.43 Å². The molecule has 0 radical (unpaired) electrons. The maximum absolute atomic E-state index is 12.2. The summed E-state index contributed by atoms with van der Waals surface area (Å²) in [6.07, 6.45) is 2.12. The topological polar surface area (TPSA) is 83.0 Å². The Kier molecular flexibility index (Phi) is 6.19. The van der Waals surface area contributed by atoms with E-state index in [2.05, 4.69) is 15.8 Å². The van der Waals surface area contributed by atoms with Crippen LogP contribution in [0, 0.1) is 0 Å². The van der Waals surface area contributed by atoms with Crippen LogP contribution in [0.1, 0.15) is 18.9 Å². The molecule has 0 aliphatic heterocycles. The lowest BCUT2D eigenvalue weighted by Gasteiger charge is -2.16. The van der Waals surface area contributed by atoms with E-state index in [-0.39, 0.29) is 17.7 Å². The Morgan fingerprint density at radius 2 is 2.04 bits per heavy atom. The van der Waals surface area contributed by atoms with Gasteiger partial charge in [-0.05, 0) is 42.3 Å². The van der Waals surface area contributed by atoms with Gasteiger partial charge in [0, 0.05) is 5.69 Å². The molecular formula is C18H21N3O3. The summed E-state index contributed by atoms with van der Waals surface area (Å²) in [5.41, 5.74) is 4.10. The normalized spacial score (nSPS) is 11.9. The number of phenols is 1. The van der Waals surface area contributed by atoms with Gasteiger partial charge in [0.2, 0.25) is 0 Å². The van der Waals surface area contributed by atoms with Gasteiger partial charge in [-0.15, -0.1) is 0 Å². The third-order valence-electron chi connectivity index (χ3n) is 3.43. The van der Waals surface area contributed by atoms with Gasteiger partial charge < -0.3 is 15.2 Å². The van der Waals surface area contributed by atoms with Crippen molar-refractivity contribution in [2.45, 2.75) is 19.4 Å². The molecule has 0 spiro atoms. The first-order chi connectivity index (χ1) is 11.6. The fourth-order valence-electron chi connectivity index (χ4n) is 2.11. The van der Waals surface area contributed by atoms with Crippen LogP contribution < -0.4 is 15.5 Å². The quantitative estimate of drug-likeness (QED) is 0.539. The van der Waals surface area contributed by atoms with Crippen LogP contribution in [0.15, 0.2) is 53.6 Å². The molecule has 126 valence electrons. The minimum atomic E-state index is -0.376. The second kappa shape index (κ2) is 8.57. The highest BCUT2D eigenvalue weighted by Crippen LogP contribution is 2.25. The van der Waals surface area contributed by atoms with Crippen molar-refractivity contribution in [3.05, 3.63) is 54.1 Å². The second-order valence-electron chi connectivity index (χ2n) is 5.14. The van der Waals surface area contributed by atoms with Crippen LogP contribution in [-0.2, 0) is 4.79 Å². The summed E-state index contributed by atoms with van der Waals surface area (Å²) in [5.74, 6) is 0.183. The number of carbonyl (C=O) groups excluding carboxylic acids is 1. The van der Waals surface area contributed by atoms with Crippen molar-refractivity contribution in [2.24, 2.45) is 5.10 Å². The zero-order valence-electron chi connectivity index (χ0n) is 13.7. The summed E-state index contributed by atoms with van der Waals surface area (Å²) in [6, 6.07) is 14.0. The van der Waals surface area contributed by atoms with Gasteiger partial charge in [0.25, 0.3) is 5.91 Å². The summed E-state index contributed by atoms with van der Waals surface area (Å²) in [4.78, 5) is 12.2. The lowest BCUT2D eigenvalue weighted by atomic mass is 10.2. The molecule has 0 saturated heterocycles. The highest BCUT2D eigenvalue weighted by molar-refractivity contribution is 5.87. The van der Waals surface area contributed by atoms with Crippen molar-refractivity contribution in [3.8, 4) is 11.5 Å². The molecule has 6 nitrogen and oxygen atoms in total. The first-order valence-electron chi connectivity index (χ1n) is 7.65. The Balaban J connectivity index is 1.95. The van der Waals surface area contributed by atoms with Gasteiger partial charge in [0.1, 0.15) is 6.04 Å². The molecule has 2 aromatic rings. The second-order valence-corrected chi connectivity index (χ2v) is 5.14. The van der Waals surface area contributed by atoms with Crippen LogP contribution in [0.25, 0.3) is 0 Å². The summed E-state index contributed by atoms with van der Waals surface area (Å²) in [6.45, 7) is 1.93. The highest BCUT2D eigenvalue weighted by Gasteiger charge is 2.15. The molecule has 0 unspecified atom stereocenters. The van der Waals surface area contributed by atoms with E-state index >= 15 is 0 Å². The Bertz CT molecular complexity index is 702. The van der Waals surface area contributed by atoms with E-state index in [1.54, 1.807) is 12.1 Å². The number of aromatic hydroxyl groups is 1. The molecule has 24 heavy (non-hydrogen) atoms. The minimum absolute atomic E-state index is 0.0526. The summed E-state index contributed by atoms with van der Waals surface area (Å²) in [5, 5.41) is 16.7. The van der Waals surface area contributed by atoms with Gasteiger partial charge in [0.15, 0.2) is 11.5 Å². The summed E-state index contributed by atoms with van der Waals surface area (Å²) >= 11 is 0. The number of hydrazone groups is 1. The molecule has 0 fully saturated rings. The van der Waals surface area contributed by atoms with E-state index in [4.69, 9.17) is 4.74 Å². The predicted octanol–water partition coefficient (Wildman–Crippen LogP) is 2.74. The van der Waals surface area contributed by atoms with E-state index in [0.29, 0.717) is 17.7 Å². The van der Waals surface area contributed by atoms with Gasteiger partial charge in [-0.1, -0.05) is 25.1 Å². The smallest absolute Gasteiger partial charge is 0.262 e. The van der Waals surface area contributed by atoms with E-state index in [9.17, 15) is 9.90 Å². The largest absolute Gasteiger partial charge is 0.504 e. The van der Waals surface area contributed by atoms with Gasteiger partial charge in [-0.3, -0.25) is 4.79 Å². The van der Waals surface area contributed by atoms with Crippen molar-refractivity contribution in [3.63, 3.8) is 0 Å². The van der Waals surface area contributed by atoms with E-state index in [1.165, 1.54) is 19.4 Å². The first-order valence-corrected chi connectivity index (χ1v) is 7.65. The molecule has 1 amide bonds. The zero-order chi connectivity index (χ0) is 17.4. The number of hydrogen-bond acceptors (Lipinski definition) is 5. The number of phenolic OH excluding ortho intramolecular Hbond substituents is 1. The molecule has 0 saturated carbocycles. The molecule has 0 bridgehead atoms. The number of hydrogen-bond donors (Lipinski definition) is 3. The number of para-hydroxylation sites is 1. The van der Waals surface area contributed by atoms with Gasteiger partial charge in [0.05, 0.1) is 13.3 Å². The molecule has 2 rings (SSSR count). The number of nitrogens with one attached hydrogen (secondary N) is 2. The molecule has 3 N–H and O–H groups in total. The fraction of sp³-hybridized carbons (Fsp3) is 0.222. The van der Waals surface area contributed by atoms with E-state index < -0.39 is 0 Å². The van der Waals surface area contributed by atoms with Gasteiger partial charge >= 0.3 is 0 Å². The SMILES string of the molecule is CC[C@H](Nc1ccccc1)C(=O)N/N=C\c1ccc(O)c(OC)c1. The molecule has 0 heterocycles. The Morgan fingerprint density at radius 1 is 1.29 bits per heavy atom. The molecule has 1 atom stereocenters. The van der Waals surface area contributed by atoms with Crippen molar-refractivity contribution < 1.29 is 14.6 Å². The van der Waals surface area contributed by atoms with Crippen LogP contribution in [0.5, 0.6) is 11.5 Å². The molecule has 2 aromatic carbocycles. The van der Waals surface area contributed by atoms with Crippen LogP contribution in [0.3, 0.4) is 0 Å². The van der Waals surface area contributed by atoms with Crippen molar-refractivity contribution in [1.82, 2.24) is 5.43 Å². The number of ether oxygens (including phenoxy) is 1. The molecular weight excluding hydrogens is 306 g/mol. The standard InChI is InChI=1S/C18H21N3O3/c1-3-15(20-14-7-5-4-6-8-14)18(23)21-19-12-13-9-10-16(22)17(11-13)24-2/h4-12,15,20,22H,3H2,1-2H3,(H,21,23)/b19-12-/t15-/m0/s1. The van der Waals surface area contributed by atoms with Crippen molar-refractivity contribution in [1.29, 1.82) is 0 Å². The number of nitrogens with zero attached hydrogens (tertiary/aromatic N) is 1. The average molecular weight is 327 g/mol. The zero-order valence-corrected chi connectivity index (χ0v) is 13.7. The lowest BCUT2D eigenvalue weighted by molar-refractivity contribution is -0.121. The first kappa shape index (κ1) is 17.3. The highest BCUT2D eigenvalue weighted by atomic mass is 16.5. The van der Waals surface area contributed by atoms with E-state index in [1.807, 2.05) is 37.3 Å². The number of benzene rings is 2. The molecule has 0 aliphatic rings. The lowest BCUT2D eigenvalue weighted by Crippen LogP contribution is -2.36. The average Bonchev–Trinajstić information content (AvgIpc) is 2.61. The third-order valence-corrected chi connectivity index (χ3v) is 3.43. The minimum Gasteiger partial charge on any atom is -0.504 e. The Morgan fingerprint density at radius 3 is 2.71 bits per heavy atom. The van der Waals surface area contributed by atoms with Crippen molar-refractivity contribution in [2.75, 3.05) is 12.4 Å². The number of carbonyl (C=O) groups is 1. The Hall–Kier alpha value is -3.02. The monoisotopic (exact) mass is 327 g/mol. The van der Waals surface area contributed by atoms with E-state index in [0.717, 1.165) is 5.69 Å². The number of anilines is 1. The molecule has 0 aliphatic carbocycles.